The Morgan fingerprint density at radius 1 is 1.19 bits per heavy atom. The summed E-state index contributed by atoms with van der Waals surface area (Å²) >= 11 is 0. The van der Waals surface area contributed by atoms with Crippen LogP contribution in [-0.4, -0.2) is 26.2 Å². The Bertz CT molecular complexity index is 479. The van der Waals surface area contributed by atoms with Gasteiger partial charge in [0.25, 0.3) is 5.91 Å². The number of rotatable bonds is 5. The Balaban J connectivity index is 2.03. The molecule has 0 heterocycles. The van der Waals surface area contributed by atoms with Crippen LogP contribution in [0.2, 0.25) is 0 Å². The molecule has 4 heteroatoms. The summed E-state index contributed by atoms with van der Waals surface area (Å²) in [4.78, 5) is 12.5. The fourth-order valence-electron chi connectivity index (χ4n) is 2.97. The Morgan fingerprint density at radius 2 is 1.90 bits per heavy atom. The smallest absolute Gasteiger partial charge is 0.255 e. The van der Waals surface area contributed by atoms with E-state index in [0.717, 1.165) is 18.8 Å². The molecule has 2 rings (SSSR count). The van der Waals surface area contributed by atoms with Gasteiger partial charge in [0.2, 0.25) is 0 Å². The first-order valence-electron chi connectivity index (χ1n) is 7.70. The van der Waals surface area contributed by atoms with Gasteiger partial charge in [-0.25, -0.2) is 0 Å². The predicted octanol–water partition coefficient (Wildman–Crippen LogP) is 3.40. The van der Waals surface area contributed by atoms with Crippen LogP contribution in [0.25, 0.3) is 0 Å². The van der Waals surface area contributed by atoms with Crippen LogP contribution < -0.4 is 14.8 Å². The number of nitrogens with one attached hydrogen (secondary N) is 1. The van der Waals surface area contributed by atoms with Crippen molar-refractivity contribution in [2.45, 2.75) is 45.1 Å². The van der Waals surface area contributed by atoms with E-state index in [2.05, 4.69) is 12.2 Å². The standard InChI is InChI=1S/C17H25NO3/c1-4-12-5-7-13(8-6-12)18-17(19)15-11-14(20-2)9-10-16(15)21-3/h9-13H,4-8H2,1-3H3,(H,18,19). The maximum atomic E-state index is 12.5. The highest BCUT2D eigenvalue weighted by Gasteiger charge is 2.23. The zero-order valence-electron chi connectivity index (χ0n) is 13.1. The highest BCUT2D eigenvalue weighted by Crippen LogP contribution is 2.28. The maximum Gasteiger partial charge on any atom is 0.255 e. The van der Waals surface area contributed by atoms with Gasteiger partial charge in [-0.1, -0.05) is 13.3 Å². The lowest BCUT2D eigenvalue weighted by atomic mass is 9.84. The molecular formula is C17H25NO3. The lowest BCUT2D eigenvalue weighted by Crippen LogP contribution is -2.37. The largest absolute Gasteiger partial charge is 0.497 e. The van der Waals surface area contributed by atoms with Crippen molar-refractivity contribution >= 4 is 5.91 Å². The number of carbonyl (C=O) groups is 1. The van der Waals surface area contributed by atoms with Crippen molar-refractivity contribution in [3.05, 3.63) is 23.8 Å². The molecule has 1 amide bonds. The van der Waals surface area contributed by atoms with Crippen molar-refractivity contribution in [3.8, 4) is 11.5 Å². The third-order valence-corrected chi connectivity index (χ3v) is 4.41. The molecule has 0 bridgehead atoms. The molecule has 116 valence electrons. The minimum Gasteiger partial charge on any atom is -0.497 e. The minimum atomic E-state index is -0.0781. The molecule has 1 fully saturated rings. The second kappa shape index (κ2) is 7.34. The van der Waals surface area contributed by atoms with Crippen LogP contribution in [0.5, 0.6) is 11.5 Å². The van der Waals surface area contributed by atoms with Gasteiger partial charge in [-0.15, -0.1) is 0 Å². The number of benzene rings is 1. The van der Waals surface area contributed by atoms with Crippen molar-refractivity contribution in [1.29, 1.82) is 0 Å². The van der Waals surface area contributed by atoms with Crippen molar-refractivity contribution in [2.75, 3.05) is 14.2 Å². The van der Waals surface area contributed by atoms with Crippen molar-refractivity contribution < 1.29 is 14.3 Å². The molecular weight excluding hydrogens is 266 g/mol. The fraction of sp³-hybridized carbons (Fsp3) is 0.588. The van der Waals surface area contributed by atoms with E-state index < -0.39 is 0 Å². The summed E-state index contributed by atoms with van der Waals surface area (Å²) in [5.41, 5.74) is 0.537. The Hall–Kier alpha value is -1.71. The third kappa shape index (κ3) is 3.90. The molecule has 1 N–H and O–H groups in total. The van der Waals surface area contributed by atoms with Crippen LogP contribution in [0.1, 0.15) is 49.4 Å². The molecule has 1 aromatic carbocycles. The number of ether oxygens (including phenoxy) is 2. The van der Waals surface area contributed by atoms with Gasteiger partial charge in [-0.05, 0) is 49.8 Å². The average Bonchev–Trinajstić information content (AvgIpc) is 2.54. The van der Waals surface area contributed by atoms with Gasteiger partial charge in [0, 0.05) is 6.04 Å². The van der Waals surface area contributed by atoms with Crippen LogP contribution in [-0.2, 0) is 0 Å². The minimum absolute atomic E-state index is 0.0781. The monoisotopic (exact) mass is 291 g/mol. The number of methoxy groups -OCH3 is 2. The molecule has 0 aliphatic heterocycles. The van der Waals surface area contributed by atoms with E-state index in [1.165, 1.54) is 19.3 Å². The van der Waals surface area contributed by atoms with E-state index in [1.807, 2.05) is 0 Å². The second-order valence-corrected chi connectivity index (χ2v) is 5.67. The maximum absolute atomic E-state index is 12.5. The van der Waals surface area contributed by atoms with Crippen molar-refractivity contribution in [1.82, 2.24) is 5.32 Å². The van der Waals surface area contributed by atoms with Crippen molar-refractivity contribution in [3.63, 3.8) is 0 Å². The molecule has 0 aromatic heterocycles. The lowest BCUT2D eigenvalue weighted by molar-refractivity contribution is 0.0918. The summed E-state index contributed by atoms with van der Waals surface area (Å²) in [6.07, 6.45) is 5.78. The van der Waals surface area contributed by atoms with E-state index in [1.54, 1.807) is 32.4 Å². The molecule has 0 unspecified atom stereocenters. The topological polar surface area (TPSA) is 47.6 Å². The molecule has 1 aliphatic rings. The molecule has 0 saturated heterocycles. The molecule has 0 spiro atoms. The summed E-state index contributed by atoms with van der Waals surface area (Å²) in [5.74, 6) is 1.99. The van der Waals surface area contributed by atoms with Crippen molar-refractivity contribution in [2.24, 2.45) is 5.92 Å². The molecule has 0 atom stereocenters. The number of hydrogen-bond acceptors (Lipinski definition) is 3. The average molecular weight is 291 g/mol. The SMILES string of the molecule is CCC1CCC(NC(=O)c2cc(OC)ccc2OC)CC1. The summed E-state index contributed by atoms with van der Waals surface area (Å²) < 4.78 is 10.5. The van der Waals surface area contributed by atoms with Crippen LogP contribution in [0.4, 0.5) is 0 Å². The first kappa shape index (κ1) is 15.7. The van der Waals surface area contributed by atoms with Gasteiger partial charge in [0.1, 0.15) is 11.5 Å². The second-order valence-electron chi connectivity index (χ2n) is 5.67. The molecule has 1 aromatic rings. The van der Waals surface area contributed by atoms with Gasteiger partial charge >= 0.3 is 0 Å². The Morgan fingerprint density at radius 3 is 2.48 bits per heavy atom. The van der Waals surface area contributed by atoms with Gasteiger partial charge in [0.05, 0.1) is 19.8 Å². The molecule has 1 aliphatic carbocycles. The molecule has 21 heavy (non-hydrogen) atoms. The summed E-state index contributed by atoms with van der Waals surface area (Å²) in [5, 5.41) is 3.13. The van der Waals surface area contributed by atoms with E-state index in [4.69, 9.17) is 9.47 Å². The first-order chi connectivity index (χ1) is 10.2. The lowest BCUT2D eigenvalue weighted by Gasteiger charge is -2.28. The molecule has 1 saturated carbocycles. The third-order valence-electron chi connectivity index (χ3n) is 4.41. The van der Waals surface area contributed by atoms with E-state index in [9.17, 15) is 4.79 Å². The molecule has 4 nitrogen and oxygen atoms in total. The highest BCUT2D eigenvalue weighted by atomic mass is 16.5. The highest BCUT2D eigenvalue weighted by molar-refractivity contribution is 5.97. The van der Waals surface area contributed by atoms with E-state index in [0.29, 0.717) is 17.1 Å². The van der Waals surface area contributed by atoms with Crippen LogP contribution in [0, 0.1) is 5.92 Å². The summed E-state index contributed by atoms with van der Waals surface area (Å²) in [6.45, 7) is 2.24. The quantitative estimate of drug-likeness (QED) is 0.904. The summed E-state index contributed by atoms with van der Waals surface area (Å²) in [7, 11) is 3.17. The number of amides is 1. The van der Waals surface area contributed by atoms with Gasteiger partial charge in [-0.2, -0.15) is 0 Å². The number of hydrogen-bond donors (Lipinski definition) is 1. The van der Waals surface area contributed by atoms with Gasteiger partial charge in [-0.3, -0.25) is 4.79 Å². The van der Waals surface area contributed by atoms with E-state index in [-0.39, 0.29) is 11.9 Å². The van der Waals surface area contributed by atoms with Gasteiger partial charge < -0.3 is 14.8 Å². The molecule has 0 radical (unpaired) electrons. The Kier molecular flexibility index (Phi) is 5.48. The predicted molar refractivity (Wildman–Crippen MR) is 83.0 cm³/mol. The normalized spacial score (nSPS) is 21.7. The fourth-order valence-corrected chi connectivity index (χ4v) is 2.97. The zero-order valence-corrected chi connectivity index (χ0v) is 13.1. The summed E-state index contributed by atoms with van der Waals surface area (Å²) in [6, 6.07) is 5.56. The van der Waals surface area contributed by atoms with Crippen LogP contribution in [0.3, 0.4) is 0 Å². The van der Waals surface area contributed by atoms with Crippen LogP contribution >= 0.6 is 0 Å². The number of carbonyl (C=O) groups excluding carboxylic acids is 1. The van der Waals surface area contributed by atoms with Crippen LogP contribution in [0.15, 0.2) is 18.2 Å². The Labute approximate surface area is 126 Å². The van der Waals surface area contributed by atoms with Gasteiger partial charge in [0.15, 0.2) is 0 Å². The van der Waals surface area contributed by atoms with E-state index >= 15 is 0 Å². The first-order valence-corrected chi connectivity index (χ1v) is 7.70. The zero-order chi connectivity index (χ0) is 15.2.